The third kappa shape index (κ3) is 11.2. The molecule has 4 saturated carbocycles. The first kappa shape index (κ1) is 36.2. The summed E-state index contributed by atoms with van der Waals surface area (Å²) >= 11 is 0. The fourth-order valence-electron chi connectivity index (χ4n) is 9.23. The molecule has 4 aliphatic rings. The number of carbonyl (C=O) groups is 3. The summed E-state index contributed by atoms with van der Waals surface area (Å²) in [6, 6.07) is -0.958. The van der Waals surface area contributed by atoms with Crippen LogP contribution in [-0.4, -0.2) is 42.4 Å². The second-order valence-corrected chi connectivity index (χ2v) is 15.8. The van der Waals surface area contributed by atoms with Crippen LogP contribution < -0.4 is 21.7 Å². The number of amides is 3. The Hall–Kier alpha value is -1.63. The lowest BCUT2D eigenvalue weighted by Crippen LogP contribution is -2.59. The molecule has 0 bridgehead atoms. The third-order valence-corrected chi connectivity index (χ3v) is 12.3. The lowest BCUT2D eigenvalue weighted by molar-refractivity contribution is -0.136. The largest absolute Gasteiger partial charge is 0.352 e. The quantitative estimate of drug-likeness (QED) is 0.156. The van der Waals surface area contributed by atoms with Gasteiger partial charge in [-0.2, -0.15) is 0 Å². The Morgan fingerprint density at radius 1 is 0.667 bits per heavy atom. The van der Waals surface area contributed by atoms with E-state index in [1.807, 2.05) is 0 Å². The highest BCUT2D eigenvalue weighted by Crippen LogP contribution is 2.45. The van der Waals surface area contributed by atoms with Gasteiger partial charge in [0.05, 0.1) is 12.1 Å². The molecule has 4 rings (SSSR count). The summed E-state index contributed by atoms with van der Waals surface area (Å²) < 4.78 is 0. The lowest BCUT2D eigenvalue weighted by Gasteiger charge is -2.45. The van der Waals surface area contributed by atoms with Crippen molar-refractivity contribution in [3.05, 3.63) is 0 Å². The number of Topliss-reactive ketones (excluding diaryl/α,β-unsaturated/α-hetero) is 1. The molecule has 6 atom stereocenters. The molecule has 0 saturated heterocycles. The predicted molar refractivity (Wildman–Crippen MR) is 184 cm³/mol. The smallest absolute Gasteiger partial charge is 0.312 e. The van der Waals surface area contributed by atoms with E-state index in [9.17, 15) is 14.4 Å². The van der Waals surface area contributed by atoms with Gasteiger partial charge >= 0.3 is 6.03 Å². The number of rotatable bonds is 13. The molecule has 45 heavy (non-hydrogen) atoms. The lowest BCUT2D eigenvalue weighted by atomic mass is 9.62. The summed E-state index contributed by atoms with van der Waals surface area (Å²) in [5, 5.41) is 9.77. The monoisotopic (exact) mass is 629 g/mol. The van der Waals surface area contributed by atoms with E-state index >= 15 is 0 Å². The molecule has 0 aromatic rings. The van der Waals surface area contributed by atoms with Crippen LogP contribution in [0, 0.1) is 35.5 Å². The summed E-state index contributed by atoms with van der Waals surface area (Å²) in [6.07, 6.45) is 28.3. The normalized spacial score (nSPS) is 29.1. The van der Waals surface area contributed by atoms with Gasteiger partial charge in [-0.05, 0) is 68.1 Å². The molecule has 0 spiro atoms. The van der Waals surface area contributed by atoms with E-state index in [1.165, 1.54) is 116 Å². The Morgan fingerprint density at radius 3 is 1.62 bits per heavy atom. The standard InChI is InChI=1S/C38H68N4O3/c1-27(2)35(41-33-25-24-31(33)29-19-14-10-6-7-11-15-20-29)37(44)42-34(21-16-26-40-38(39)45)36(43)32-23-22-30(32)28-17-12-8-4-3-5-9-13-18-28/h27-35,41H,3-26H2,1-2H3,(H,42,44)(H3,39,40,45)/t30?,31?,32?,33?,34-,35?/m1/s1. The molecule has 4 fully saturated rings. The number of nitrogens with one attached hydrogen (secondary N) is 3. The Balaban J connectivity index is 1.39. The Kier molecular flexibility index (Phi) is 15.5. The second-order valence-electron chi connectivity index (χ2n) is 15.8. The van der Waals surface area contributed by atoms with Crippen molar-refractivity contribution < 1.29 is 14.4 Å². The van der Waals surface area contributed by atoms with Crippen LogP contribution in [0.15, 0.2) is 0 Å². The number of carbonyl (C=O) groups excluding carboxylic acids is 3. The van der Waals surface area contributed by atoms with Gasteiger partial charge in [-0.25, -0.2) is 4.79 Å². The average molecular weight is 629 g/mol. The van der Waals surface area contributed by atoms with Crippen LogP contribution in [0.1, 0.15) is 162 Å². The highest BCUT2D eigenvalue weighted by Gasteiger charge is 2.44. The maximum absolute atomic E-state index is 14.2. The van der Waals surface area contributed by atoms with Crippen LogP contribution in [0.5, 0.6) is 0 Å². The Labute approximate surface area is 275 Å². The molecule has 0 heterocycles. The van der Waals surface area contributed by atoms with Crippen molar-refractivity contribution in [2.24, 2.45) is 41.2 Å². The molecule has 5 N–H and O–H groups in total. The molecule has 5 unspecified atom stereocenters. The van der Waals surface area contributed by atoms with E-state index in [0.717, 1.165) is 25.2 Å². The van der Waals surface area contributed by atoms with Crippen LogP contribution in [-0.2, 0) is 9.59 Å². The molecule has 0 aromatic carbocycles. The van der Waals surface area contributed by atoms with Gasteiger partial charge in [0.25, 0.3) is 0 Å². The van der Waals surface area contributed by atoms with Gasteiger partial charge in [0, 0.05) is 18.5 Å². The molecule has 4 aliphatic carbocycles. The Morgan fingerprint density at radius 2 is 1.18 bits per heavy atom. The van der Waals surface area contributed by atoms with Gasteiger partial charge in [-0.1, -0.05) is 123 Å². The summed E-state index contributed by atoms with van der Waals surface area (Å²) in [6.45, 7) is 4.67. The summed E-state index contributed by atoms with van der Waals surface area (Å²) in [5.74, 6) is 2.93. The Bertz CT molecular complexity index is 889. The summed E-state index contributed by atoms with van der Waals surface area (Å²) in [5.41, 5.74) is 5.31. The summed E-state index contributed by atoms with van der Waals surface area (Å²) in [4.78, 5) is 39.5. The second kappa shape index (κ2) is 19.3. The van der Waals surface area contributed by atoms with E-state index in [2.05, 4.69) is 29.8 Å². The van der Waals surface area contributed by atoms with Crippen LogP contribution in [0.25, 0.3) is 0 Å². The van der Waals surface area contributed by atoms with E-state index in [4.69, 9.17) is 5.73 Å². The van der Waals surface area contributed by atoms with Gasteiger partial charge in [0.2, 0.25) is 5.91 Å². The van der Waals surface area contributed by atoms with Gasteiger partial charge < -0.3 is 21.7 Å². The van der Waals surface area contributed by atoms with Crippen molar-refractivity contribution >= 4 is 17.7 Å². The molecule has 0 radical (unpaired) electrons. The fraction of sp³-hybridized carbons (Fsp3) is 0.921. The number of hydrogen-bond acceptors (Lipinski definition) is 4. The molecule has 0 aromatic heterocycles. The highest BCUT2D eigenvalue weighted by molar-refractivity contribution is 5.92. The van der Waals surface area contributed by atoms with Gasteiger partial charge in [0.1, 0.15) is 0 Å². The number of nitrogens with two attached hydrogens (primary N) is 1. The van der Waals surface area contributed by atoms with Crippen LogP contribution in [0.3, 0.4) is 0 Å². The zero-order valence-corrected chi connectivity index (χ0v) is 29.0. The number of hydrogen-bond donors (Lipinski definition) is 4. The summed E-state index contributed by atoms with van der Waals surface area (Å²) in [7, 11) is 0. The molecular weight excluding hydrogens is 560 g/mol. The molecule has 7 nitrogen and oxygen atoms in total. The van der Waals surface area contributed by atoms with Crippen molar-refractivity contribution in [3.63, 3.8) is 0 Å². The third-order valence-electron chi connectivity index (χ3n) is 12.3. The van der Waals surface area contributed by atoms with Crippen molar-refractivity contribution in [2.45, 2.75) is 180 Å². The molecular formula is C38H68N4O3. The van der Waals surface area contributed by atoms with E-state index < -0.39 is 12.1 Å². The minimum atomic E-state index is -0.545. The fourth-order valence-corrected chi connectivity index (χ4v) is 9.23. The molecule has 258 valence electrons. The minimum Gasteiger partial charge on any atom is -0.352 e. The van der Waals surface area contributed by atoms with Gasteiger partial charge in [-0.3, -0.25) is 9.59 Å². The molecule has 3 amide bonds. The van der Waals surface area contributed by atoms with E-state index in [0.29, 0.717) is 43.2 Å². The van der Waals surface area contributed by atoms with E-state index in [-0.39, 0.29) is 29.6 Å². The number of ketones is 1. The number of primary amides is 1. The van der Waals surface area contributed by atoms with Crippen molar-refractivity contribution in [2.75, 3.05) is 6.54 Å². The first-order valence-electron chi connectivity index (χ1n) is 19.5. The van der Waals surface area contributed by atoms with Crippen LogP contribution >= 0.6 is 0 Å². The van der Waals surface area contributed by atoms with Crippen molar-refractivity contribution in [1.29, 1.82) is 0 Å². The first-order valence-corrected chi connectivity index (χ1v) is 19.5. The van der Waals surface area contributed by atoms with Crippen LogP contribution in [0.4, 0.5) is 4.79 Å². The topological polar surface area (TPSA) is 113 Å². The van der Waals surface area contributed by atoms with Gasteiger partial charge in [-0.15, -0.1) is 0 Å². The average Bonchev–Trinajstić information content (AvgIpc) is 3.11. The predicted octanol–water partition coefficient (Wildman–Crippen LogP) is 7.80. The van der Waals surface area contributed by atoms with E-state index in [1.54, 1.807) is 0 Å². The van der Waals surface area contributed by atoms with Crippen LogP contribution in [0.2, 0.25) is 0 Å². The highest BCUT2D eigenvalue weighted by atomic mass is 16.2. The first-order chi connectivity index (χ1) is 21.8. The zero-order valence-electron chi connectivity index (χ0n) is 29.0. The molecule has 0 aliphatic heterocycles. The maximum atomic E-state index is 14.2. The SMILES string of the molecule is CC(C)C(NC1CCC1C1CCCCCCCC1)C(=O)N[C@H](CCCNC(N)=O)C(=O)C1CCC1C1CCCCCCCCC1. The van der Waals surface area contributed by atoms with Gasteiger partial charge in [0.15, 0.2) is 5.78 Å². The number of urea groups is 1. The molecule has 7 heteroatoms. The van der Waals surface area contributed by atoms with Crippen molar-refractivity contribution in [3.8, 4) is 0 Å². The zero-order chi connectivity index (χ0) is 32.0. The maximum Gasteiger partial charge on any atom is 0.312 e. The van der Waals surface area contributed by atoms with Crippen molar-refractivity contribution in [1.82, 2.24) is 16.0 Å². The minimum absolute atomic E-state index is 0.0270.